The first-order chi connectivity index (χ1) is 4.16. The Bertz CT molecular complexity index is 126. The maximum atomic E-state index is 10.4. The lowest BCUT2D eigenvalue weighted by Crippen LogP contribution is -2.29. The molecule has 0 saturated heterocycles. The number of hydrogen-bond acceptors (Lipinski definition) is 3. The molecule has 0 unspecified atom stereocenters. The van der Waals surface area contributed by atoms with E-state index < -0.39 is 11.9 Å². The van der Waals surface area contributed by atoms with Crippen molar-refractivity contribution in [2.45, 2.75) is 0 Å². The van der Waals surface area contributed by atoms with E-state index in [1.807, 2.05) is 0 Å². The van der Waals surface area contributed by atoms with Crippen molar-refractivity contribution in [3.63, 3.8) is 0 Å². The van der Waals surface area contributed by atoms with Gasteiger partial charge in [-0.2, -0.15) is 17.1 Å². The third-order valence-corrected chi connectivity index (χ3v) is 1.04. The molecule has 0 bridgehead atoms. The predicted molar refractivity (Wildman–Crippen MR) is 35.1 cm³/mol. The molecule has 4 nitrogen and oxygen atoms in total. The van der Waals surface area contributed by atoms with Crippen molar-refractivity contribution in [1.82, 2.24) is 5.32 Å². The molecule has 0 fully saturated rings. The fourth-order valence-corrected chi connectivity index (χ4v) is 0.590. The van der Waals surface area contributed by atoms with E-state index in [1.165, 1.54) is 11.8 Å². The second kappa shape index (κ2) is 4.20. The van der Waals surface area contributed by atoms with Gasteiger partial charge >= 0.3 is 6.03 Å². The van der Waals surface area contributed by atoms with Gasteiger partial charge in [-0.1, -0.05) is 0 Å². The average Bonchev–Trinajstić information content (AvgIpc) is 1.63. The molecular weight excluding hydrogens is 140 g/mol. The summed E-state index contributed by atoms with van der Waals surface area (Å²) in [5.41, 5.74) is 4.59. The summed E-state index contributed by atoms with van der Waals surface area (Å²) in [6.07, 6.45) is 1.74. The van der Waals surface area contributed by atoms with Crippen molar-refractivity contribution in [3.05, 3.63) is 0 Å². The van der Waals surface area contributed by atoms with E-state index in [-0.39, 0.29) is 5.75 Å². The van der Waals surface area contributed by atoms with Crippen LogP contribution in [-0.4, -0.2) is 23.9 Å². The Morgan fingerprint density at radius 1 is 1.67 bits per heavy atom. The van der Waals surface area contributed by atoms with Gasteiger partial charge in [0.25, 0.3) is 5.91 Å². The molecule has 3 amide bonds. The number of hydrogen-bond donors (Lipinski definition) is 1. The van der Waals surface area contributed by atoms with Crippen molar-refractivity contribution >= 4 is 23.7 Å². The monoisotopic (exact) mass is 147 g/mol. The van der Waals surface area contributed by atoms with Gasteiger partial charge in [-0.15, -0.1) is 0 Å². The highest BCUT2D eigenvalue weighted by molar-refractivity contribution is 7.99. The van der Waals surface area contributed by atoms with E-state index in [2.05, 4.69) is 11.1 Å². The second-order valence-electron chi connectivity index (χ2n) is 1.28. The Balaban J connectivity index is 3.39. The number of thioether (sulfide) groups is 1. The van der Waals surface area contributed by atoms with Crippen LogP contribution in [0, 0.1) is 0 Å². The average molecular weight is 147 g/mol. The minimum absolute atomic E-state index is 0.211. The van der Waals surface area contributed by atoms with Crippen molar-refractivity contribution in [1.29, 1.82) is 0 Å². The molecule has 0 aromatic carbocycles. The van der Waals surface area contributed by atoms with Gasteiger partial charge in [-0.3, -0.25) is 4.79 Å². The quantitative estimate of drug-likeness (QED) is 0.575. The van der Waals surface area contributed by atoms with Crippen LogP contribution in [0.15, 0.2) is 0 Å². The molecule has 1 radical (unpaired) electrons. The molecule has 0 heterocycles. The molecule has 0 spiro atoms. The van der Waals surface area contributed by atoms with Crippen LogP contribution in [0.1, 0.15) is 0 Å². The van der Waals surface area contributed by atoms with Crippen molar-refractivity contribution < 1.29 is 9.59 Å². The Labute approximate surface area is 57.2 Å². The summed E-state index contributed by atoms with van der Waals surface area (Å²) in [6.45, 7) is 0. The topological polar surface area (TPSA) is 74.3 Å². The van der Waals surface area contributed by atoms with Crippen LogP contribution < -0.4 is 11.1 Å². The van der Waals surface area contributed by atoms with E-state index >= 15 is 0 Å². The lowest BCUT2D eigenvalue weighted by molar-refractivity contribution is -0.117. The maximum absolute atomic E-state index is 10.4. The van der Waals surface area contributed by atoms with Gasteiger partial charge in [0.05, 0.1) is 5.75 Å². The van der Waals surface area contributed by atoms with Crippen LogP contribution in [0.4, 0.5) is 4.79 Å². The summed E-state index contributed by atoms with van der Waals surface area (Å²) in [6, 6.07) is -0.922. The number of carbonyl (C=O) groups excluding carboxylic acids is 2. The smallest absolute Gasteiger partial charge is 0.341 e. The highest BCUT2D eigenvalue weighted by atomic mass is 32.2. The number of carbonyl (C=O) groups is 2. The fraction of sp³-hybridized carbons (Fsp3) is 0.500. The summed E-state index contributed by atoms with van der Waals surface area (Å²) in [5, 5.41) is 2.95. The van der Waals surface area contributed by atoms with Crippen LogP contribution in [0.25, 0.3) is 0 Å². The molecule has 9 heavy (non-hydrogen) atoms. The summed E-state index contributed by atoms with van der Waals surface area (Å²) in [5.74, 6) is -0.266. The largest absolute Gasteiger partial charge is 0.350 e. The van der Waals surface area contributed by atoms with Gasteiger partial charge in [-0.25, -0.2) is 4.79 Å². The first kappa shape index (κ1) is 8.29. The molecule has 51 valence electrons. The van der Waals surface area contributed by atoms with Gasteiger partial charge in [0.2, 0.25) is 0 Å². The number of urea groups is 1. The van der Waals surface area contributed by atoms with E-state index in [9.17, 15) is 9.59 Å². The molecule has 0 aromatic rings. The summed E-state index contributed by atoms with van der Waals surface area (Å²) in [7, 11) is 0. The molecule has 0 rings (SSSR count). The zero-order valence-electron chi connectivity index (χ0n) is 4.96. The number of primary amides is 1. The van der Waals surface area contributed by atoms with Gasteiger partial charge in [0.1, 0.15) is 0 Å². The molecule has 5 heteroatoms. The maximum Gasteiger partial charge on any atom is 0.341 e. The van der Waals surface area contributed by atoms with E-state index in [0.717, 1.165) is 0 Å². The predicted octanol–water partition coefficient (Wildman–Crippen LogP) is -0.441. The van der Waals surface area contributed by atoms with Crippen molar-refractivity contribution in [2.75, 3.05) is 12.0 Å². The lowest BCUT2D eigenvalue weighted by Gasteiger charge is -1.91. The van der Waals surface area contributed by atoms with Crippen molar-refractivity contribution in [2.24, 2.45) is 5.73 Å². The zero-order valence-corrected chi connectivity index (χ0v) is 5.77. The number of amides is 3. The molecular formula is C4H7N2O2S. The first-order valence-electron chi connectivity index (χ1n) is 2.19. The van der Waals surface area contributed by atoms with Gasteiger partial charge in [0.15, 0.2) is 0 Å². The minimum Gasteiger partial charge on any atom is -0.350 e. The van der Waals surface area contributed by atoms with E-state index in [0.29, 0.717) is 0 Å². The normalized spacial score (nSPS) is 8.56. The number of nitrogens with zero attached hydrogens (tertiary/aromatic N) is 1. The van der Waals surface area contributed by atoms with Gasteiger partial charge in [0, 0.05) is 0 Å². The summed E-state index contributed by atoms with van der Waals surface area (Å²) < 4.78 is 0. The minimum atomic E-state index is -0.922. The first-order valence-corrected chi connectivity index (χ1v) is 3.59. The Kier molecular flexibility index (Phi) is 3.87. The van der Waals surface area contributed by atoms with Crippen molar-refractivity contribution in [3.8, 4) is 0 Å². The van der Waals surface area contributed by atoms with Crippen LogP contribution >= 0.6 is 11.8 Å². The molecule has 0 aliphatic heterocycles. The molecule has 0 aromatic heterocycles. The van der Waals surface area contributed by atoms with Gasteiger partial charge in [-0.05, 0) is 6.26 Å². The van der Waals surface area contributed by atoms with E-state index in [4.69, 9.17) is 0 Å². The molecule has 2 N–H and O–H groups in total. The SMILES string of the molecule is CSCC(=O)[N]C(N)=O. The number of imide groups is 1. The van der Waals surface area contributed by atoms with Gasteiger partial charge < -0.3 is 5.73 Å². The van der Waals surface area contributed by atoms with Crippen LogP contribution in [0.2, 0.25) is 0 Å². The van der Waals surface area contributed by atoms with Crippen LogP contribution in [0.5, 0.6) is 0 Å². The fourth-order valence-electron chi connectivity index (χ4n) is 0.279. The molecule has 0 aliphatic rings. The Morgan fingerprint density at radius 2 is 2.22 bits per heavy atom. The summed E-state index contributed by atoms with van der Waals surface area (Å²) in [4.78, 5) is 20.3. The number of rotatable bonds is 2. The molecule has 0 aliphatic carbocycles. The lowest BCUT2D eigenvalue weighted by atomic mass is 10.7. The Morgan fingerprint density at radius 3 is 2.56 bits per heavy atom. The third-order valence-electron chi connectivity index (χ3n) is 0.503. The van der Waals surface area contributed by atoms with Crippen LogP contribution in [0.3, 0.4) is 0 Å². The second-order valence-corrected chi connectivity index (χ2v) is 2.14. The van der Waals surface area contributed by atoms with Crippen LogP contribution in [-0.2, 0) is 4.79 Å². The van der Waals surface area contributed by atoms with E-state index in [1.54, 1.807) is 6.26 Å². The zero-order chi connectivity index (χ0) is 7.28. The number of nitrogens with two attached hydrogens (primary N) is 1. The molecule has 0 saturated carbocycles. The third kappa shape index (κ3) is 5.16. The summed E-state index contributed by atoms with van der Waals surface area (Å²) >= 11 is 1.30. The highest BCUT2D eigenvalue weighted by Gasteiger charge is 2.03. The standard InChI is InChI=1S/C4H7N2O2S/c1-9-2-3(7)6-4(5)8/h2H2,1H3,(H2,5,8). The molecule has 0 atom stereocenters. The Hall–Kier alpha value is -0.710. The highest BCUT2D eigenvalue weighted by Crippen LogP contribution is 1.89.